The fourth-order valence-electron chi connectivity index (χ4n) is 3.02. The van der Waals surface area contributed by atoms with E-state index in [1.54, 1.807) is 25.1 Å². The number of carbonyl (C=O) groups excluding carboxylic acids is 2. The van der Waals surface area contributed by atoms with Crippen molar-refractivity contribution >= 4 is 40.0 Å². The van der Waals surface area contributed by atoms with Crippen LogP contribution in [0.5, 0.6) is 11.5 Å². The van der Waals surface area contributed by atoms with Crippen LogP contribution in [0.2, 0.25) is 0 Å². The molecular formula is C20H23N7O4S2. The fraction of sp³-hybridized carbons (Fsp3) is 0.400. The van der Waals surface area contributed by atoms with Gasteiger partial charge in [-0.15, -0.1) is 20.4 Å². The van der Waals surface area contributed by atoms with Crippen molar-refractivity contribution in [3.8, 4) is 11.5 Å². The lowest BCUT2D eigenvalue weighted by molar-refractivity contribution is -0.115. The Kier molecular flexibility index (Phi) is 7.08. The van der Waals surface area contributed by atoms with Gasteiger partial charge in [-0.1, -0.05) is 30.0 Å². The van der Waals surface area contributed by atoms with Crippen LogP contribution in [0.4, 0.5) is 5.13 Å². The van der Waals surface area contributed by atoms with Gasteiger partial charge in [-0.2, -0.15) is 0 Å². The lowest BCUT2D eigenvalue weighted by Gasteiger charge is -2.12. The van der Waals surface area contributed by atoms with Crippen molar-refractivity contribution in [2.24, 2.45) is 0 Å². The summed E-state index contributed by atoms with van der Waals surface area (Å²) in [6.45, 7) is 6.66. The number of aryl methyl sites for hydroxylation is 1. The van der Waals surface area contributed by atoms with Crippen LogP contribution in [0, 0.1) is 0 Å². The number of fused-ring (bicyclic) bond motifs is 1. The highest BCUT2D eigenvalue weighted by molar-refractivity contribution is 8.00. The molecule has 11 nitrogen and oxygen atoms in total. The Hall–Kier alpha value is -3.19. The zero-order valence-electron chi connectivity index (χ0n) is 18.3. The summed E-state index contributed by atoms with van der Waals surface area (Å²) >= 11 is 2.65. The summed E-state index contributed by atoms with van der Waals surface area (Å²) in [5.74, 6) is 1.31. The molecule has 1 atom stereocenters. The number of benzene rings is 1. The minimum atomic E-state index is -0.426. The normalized spacial score (nSPS) is 13.1. The summed E-state index contributed by atoms with van der Waals surface area (Å²) in [4.78, 5) is 25.1. The number of hydrogen-bond acceptors (Lipinski definition) is 10. The smallest absolute Gasteiger partial charge is 0.251 e. The van der Waals surface area contributed by atoms with Crippen LogP contribution < -0.4 is 20.1 Å². The minimum Gasteiger partial charge on any atom is -0.454 e. The summed E-state index contributed by atoms with van der Waals surface area (Å²) < 4.78 is 12.5. The topological polar surface area (TPSA) is 133 Å². The first-order chi connectivity index (χ1) is 16.0. The fourth-order valence-corrected chi connectivity index (χ4v) is 4.63. The zero-order valence-corrected chi connectivity index (χ0v) is 20.0. The Balaban J connectivity index is 1.36. The molecule has 3 aromatic rings. The number of hydrogen-bond donors (Lipinski definition) is 2. The van der Waals surface area contributed by atoms with E-state index in [0.29, 0.717) is 39.7 Å². The van der Waals surface area contributed by atoms with Gasteiger partial charge in [0.25, 0.3) is 5.91 Å². The first kappa shape index (κ1) is 23.0. The van der Waals surface area contributed by atoms with E-state index in [1.165, 1.54) is 23.1 Å². The molecule has 0 spiro atoms. The van der Waals surface area contributed by atoms with Crippen molar-refractivity contribution < 1.29 is 19.1 Å². The zero-order chi connectivity index (χ0) is 23.4. The highest BCUT2D eigenvalue weighted by Gasteiger charge is 2.22. The molecule has 2 N–H and O–H groups in total. The Labute approximate surface area is 198 Å². The molecule has 2 aromatic heterocycles. The maximum Gasteiger partial charge on any atom is 0.251 e. The van der Waals surface area contributed by atoms with Crippen molar-refractivity contribution in [1.29, 1.82) is 0 Å². The van der Waals surface area contributed by atoms with Crippen molar-refractivity contribution in [2.45, 2.75) is 50.7 Å². The van der Waals surface area contributed by atoms with E-state index in [4.69, 9.17) is 9.47 Å². The molecule has 1 aromatic carbocycles. The van der Waals surface area contributed by atoms with Gasteiger partial charge in [0.1, 0.15) is 5.01 Å². The van der Waals surface area contributed by atoms with Gasteiger partial charge < -0.3 is 19.4 Å². The first-order valence-electron chi connectivity index (χ1n) is 10.4. The molecule has 33 heavy (non-hydrogen) atoms. The monoisotopic (exact) mass is 489 g/mol. The summed E-state index contributed by atoms with van der Waals surface area (Å²) in [5, 5.41) is 23.6. The second-order valence-corrected chi connectivity index (χ2v) is 9.37. The number of aromatic nitrogens is 5. The molecule has 1 aliphatic rings. The van der Waals surface area contributed by atoms with Gasteiger partial charge in [0, 0.05) is 12.1 Å². The third-order valence-electron chi connectivity index (χ3n) is 4.80. The van der Waals surface area contributed by atoms with Crippen molar-refractivity contribution in [2.75, 3.05) is 12.1 Å². The highest BCUT2D eigenvalue weighted by atomic mass is 32.2. The van der Waals surface area contributed by atoms with Crippen LogP contribution in [0.1, 0.15) is 42.0 Å². The molecule has 0 bridgehead atoms. The van der Waals surface area contributed by atoms with Crippen molar-refractivity contribution in [3.05, 3.63) is 34.6 Å². The van der Waals surface area contributed by atoms with E-state index in [1.807, 2.05) is 18.4 Å². The van der Waals surface area contributed by atoms with Gasteiger partial charge in [0.15, 0.2) is 22.5 Å². The summed E-state index contributed by atoms with van der Waals surface area (Å²) in [6, 6.07) is 5.03. The minimum absolute atomic E-state index is 0.150. The van der Waals surface area contributed by atoms with E-state index >= 15 is 0 Å². The molecule has 0 aliphatic carbocycles. The summed E-state index contributed by atoms with van der Waals surface area (Å²) in [6.07, 6.45) is 0.769. The lowest BCUT2D eigenvalue weighted by atomic mass is 10.2. The highest BCUT2D eigenvalue weighted by Crippen LogP contribution is 2.32. The molecule has 4 rings (SSSR count). The van der Waals surface area contributed by atoms with Gasteiger partial charge in [-0.05, 0) is 38.5 Å². The molecule has 0 radical (unpaired) electrons. The third kappa shape index (κ3) is 5.25. The van der Waals surface area contributed by atoms with Gasteiger partial charge in [-0.3, -0.25) is 14.9 Å². The van der Waals surface area contributed by atoms with E-state index in [2.05, 4.69) is 31.0 Å². The Morgan fingerprint density at radius 1 is 1.18 bits per heavy atom. The van der Waals surface area contributed by atoms with E-state index in [-0.39, 0.29) is 25.2 Å². The average Bonchev–Trinajstić information content (AvgIpc) is 3.56. The predicted octanol–water partition coefficient (Wildman–Crippen LogP) is 2.49. The van der Waals surface area contributed by atoms with E-state index in [0.717, 1.165) is 11.4 Å². The number of thioether (sulfide) groups is 1. The number of ether oxygens (including phenoxy) is 2. The van der Waals surface area contributed by atoms with Crippen LogP contribution in [0.15, 0.2) is 23.4 Å². The number of amides is 2. The number of nitrogens with one attached hydrogen (secondary N) is 2. The van der Waals surface area contributed by atoms with Gasteiger partial charge in [0.05, 0.1) is 11.8 Å². The molecule has 13 heteroatoms. The summed E-state index contributed by atoms with van der Waals surface area (Å²) in [5.41, 5.74) is 0.463. The molecule has 0 saturated heterocycles. The molecule has 2 amide bonds. The molecule has 1 aliphatic heterocycles. The largest absolute Gasteiger partial charge is 0.454 e. The van der Waals surface area contributed by atoms with E-state index in [9.17, 15) is 9.59 Å². The Bertz CT molecular complexity index is 1160. The van der Waals surface area contributed by atoms with Crippen LogP contribution >= 0.6 is 23.1 Å². The summed E-state index contributed by atoms with van der Waals surface area (Å²) in [7, 11) is 0. The SMILES string of the molecule is CCc1nnc(NC(=O)C(C)Sc2nnc(CNC(=O)c3ccc4c(c3)OCO4)n2CC)s1. The predicted molar refractivity (Wildman–Crippen MR) is 123 cm³/mol. The van der Waals surface area contributed by atoms with Crippen LogP contribution in [-0.4, -0.2) is 48.8 Å². The maximum atomic E-state index is 12.6. The third-order valence-corrected chi connectivity index (χ3v) is 6.87. The molecule has 1 unspecified atom stereocenters. The molecular weight excluding hydrogens is 466 g/mol. The Morgan fingerprint density at radius 3 is 2.76 bits per heavy atom. The van der Waals surface area contributed by atoms with Gasteiger partial charge in [-0.25, -0.2) is 0 Å². The quantitative estimate of drug-likeness (QED) is 0.435. The van der Waals surface area contributed by atoms with Crippen molar-refractivity contribution in [1.82, 2.24) is 30.3 Å². The molecule has 0 saturated carbocycles. The van der Waals surface area contributed by atoms with Crippen LogP contribution in [0.3, 0.4) is 0 Å². The van der Waals surface area contributed by atoms with E-state index < -0.39 is 5.25 Å². The standard InChI is InChI=1S/C20H23N7O4S2/c1-4-16-24-25-19(33-16)22-17(28)11(3)32-20-26-23-15(27(20)5-2)9-21-18(29)12-6-7-13-14(8-12)31-10-30-13/h6-8,11H,4-5,9-10H2,1-3H3,(H,21,29)(H,22,25,28). The molecule has 174 valence electrons. The molecule has 3 heterocycles. The first-order valence-corrected chi connectivity index (χ1v) is 12.1. The lowest BCUT2D eigenvalue weighted by Crippen LogP contribution is -2.25. The number of rotatable bonds is 9. The molecule has 0 fully saturated rings. The van der Waals surface area contributed by atoms with Gasteiger partial charge >= 0.3 is 0 Å². The average molecular weight is 490 g/mol. The van der Waals surface area contributed by atoms with Gasteiger partial charge in [0.2, 0.25) is 17.8 Å². The second kappa shape index (κ2) is 10.2. The van der Waals surface area contributed by atoms with Crippen LogP contribution in [0.25, 0.3) is 0 Å². The number of anilines is 1. The number of carbonyl (C=O) groups is 2. The maximum absolute atomic E-state index is 12.6. The van der Waals surface area contributed by atoms with Crippen LogP contribution in [-0.2, 0) is 24.3 Å². The number of nitrogens with zero attached hydrogens (tertiary/aromatic N) is 5. The Morgan fingerprint density at radius 2 is 2.00 bits per heavy atom. The second-order valence-electron chi connectivity index (χ2n) is 7.00. The van der Waals surface area contributed by atoms with Crippen molar-refractivity contribution in [3.63, 3.8) is 0 Å².